The Balaban J connectivity index is 1.49. The van der Waals surface area contributed by atoms with Gasteiger partial charge in [0, 0.05) is 24.2 Å². The highest BCUT2D eigenvalue weighted by molar-refractivity contribution is 7.89. The number of hydrogen-bond acceptors (Lipinski definition) is 5. The fourth-order valence-electron chi connectivity index (χ4n) is 4.24. The fraction of sp³-hybridized carbons (Fsp3) is 0.636. The standard InChI is InChI=1S/C22H31ClN2O5S/c1-15-5-3-4-6-20(15)24-21(26)16(2)30-22(27)17-11-13-25(14-12-17)31(28,29)19-9-7-18(23)8-10-19/h7-10,15-17,20H,3-6,11-14H2,1-2H3,(H,24,26)/t15-,16-,20-/m0/s1. The second-order valence-electron chi connectivity index (χ2n) is 8.59. The van der Waals surface area contributed by atoms with Crippen LogP contribution in [0.25, 0.3) is 0 Å². The van der Waals surface area contributed by atoms with Crippen LogP contribution in [0.3, 0.4) is 0 Å². The highest BCUT2D eigenvalue weighted by atomic mass is 35.5. The molecule has 0 aromatic heterocycles. The second-order valence-corrected chi connectivity index (χ2v) is 11.0. The molecule has 1 N–H and O–H groups in total. The normalized spacial score (nSPS) is 24.4. The molecule has 0 unspecified atom stereocenters. The molecule has 1 aliphatic carbocycles. The summed E-state index contributed by atoms with van der Waals surface area (Å²) in [5.74, 6) is -0.703. The zero-order valence-electron chi connectivity index (χ0n) is 18.1. The largest absolute Gasteiger partial charge is 0.452 e. The van der Waals surface area contributed by atoms with E-state index in [4.69, 9.17) is 16.3 Å². The Kier molecular flexibility index (Phi) is 7.99. The summed E-state index contributed by atoms with van der Waals surface area (Å²) < 4.78 is 32.3. The molecular formula is C22H31ClN2O5S. The topological polar surface area (TPSA) is 92.8 Å². The summed E-state index contributed by atoms with van der Waals surface area (Å²) >= 11 is 5.84. The maximum atomic E-state index is 12.8. The van der Waals surface area contributed by atoms with Gasteiger partial charge in [0.05, 0.1) is 10.8 Å². The van der Waals surface area contributed by atoms with Crippen LogP contribution in [0.2, 0.25) is 5.02 Å². The van der Waals surface area contributed by atoms with Crippen molar-refractivity contribution in [3.63, 3.8) is 0 Å². The van der Waals surface area contributed by atoms with Crippen molar-refractivity contribution < 1.29 is 22.7 Å². The number of nitrogens with zero attached hydrogens (tertiary/aromatic N) is 1. The molecular weight excluding hydrogens is 440 g/mol. The molecule has 31 heavy (non-hydrogen) atoms. The van der Waals surface area contributed by atoms with E-state index in [9.17, 15) is 18.0 Å². The molecule has 9 heteroatoms. The summed E-state index contributed by atoms with van der Waals surface area (Å²) in [5, 5.41) is 3.48. The predicted molar refractivity (Wildman–Crippen MR) is 118 cm³/mol. The molecule has 3 atom stereocenters. The first kappa shape index (κ1) is 24.0. The minimum atomic E-state index is -3.63. The van der Waals surface area contributed by atoms with Gasteiger partial charge >= 0.3 is 5.97 Å². The van der Waals surface area contributed by atoms with Crippen molar-refractivity contribution in [2.24, 2.45) is 11.8 Å². The Labute approximate surface area is 189 Å². The van der Waals surface area contributed by atoms with Crippen LogP contribution >= 0.6 is 11.6 Å². The second kappa shape index (κ2) is 10.3. The van der Waals surface area contributed by atoms with Gasteiger partial charge in [-0.2, -0.15) is 4.31 Å². The van der Waals surface area contributed by atoms with Crippen molar-refractivity contribution >= 4 is 33.5 Å². The third kappa shape index (κ3) is 5.99. The molecule has 1 aromatic rings. The van der Waals surface area contributed by atoms with E-state index in [-0.39, 0.29) is 29.9 Å². The van der Waals surface area contributed by atoms with Crippen LogP contribution in [-0.4, -0.2) is 49.8 Å². The molecule has 1 aliphatic heterocycles. The van der Waals surface area contributed by atoms with Crippen molar-refractivity contribution in [1.82, 2.24) is 9.62 Å². The van der Waals surface area contributed by atoms with Gasteiger partial charge in [-0.05, 0) is 62.8 Å². The maximum absolute atomic E-state index is 12.8. The molecule has 1 saturated heterocycles. The van der Waals surface area contributed by atoms with Crippen LogP contribution in [0.15, 0.2) is 29.2 Å². The Morgan fingerprint density at radius 1 is 1.10 bits per heavy atom. The van der Waals surface area contributed by atoms with Crippen molar-refractivity contribution in [2.75, 3.05) is 13.1 Å². The number of carbonyl (C=O) groups excluding carboxylic acids is 2. The number of piperidine rings is 1. The van der Waals surface area contributed by atoms with Crippen molar-refractivity contribution in [3.8, 4) is 0 Å². The molecule has 2 fully saturated rings. The van der Waals surface area contributed by atoms with Crippen molar-refractivity contribution in [1.29, 1.82) is 0 Å². The van der Waals surface area contributed by atoms with Crippen LogP contribution in [0, 0.1) is 11.8 Å². The molecule has 2 aliphatic rings. The van der Waals surface area contributed by atoms with Crippen LogP contribution in [0.1, 0.15) is 52.4 Å². The molecule has 7 nitrogen and oxygen atoms in total. The Bertz CT molecular complexity index is 882. The molecule has 0 radical (unpaired) electrons. The van der Waals surface area contributed by atoms with Gasteiger partial charge in [-0.15, -0.1) is 0 Å². The number of carbonyl (C=O) groups is 2. The average molecular weight is 471 g/mol. The number of rotatable bonds is 6. The van der Waals surface area contributed by atoms with Crippen molar-refractivity contribution in [2.45, 2.75) is 69.4 Å². The molecule has 172 valence electrons. The van der Waals surface area contributed by atoms with Gasteiger partial charge < -0.3 is 10.1 Å². The van der Waals surface area contributed by atoms with Gasteiger partial charge in [0.25, 0.3) is 5.91 Å². The number of hydrogen-bond donors (Lipinski definition) is 1. The van der Waals surface area contributed by atoms with Crippen LogP contribution in [0.5, 0.6) is 0 Å². The van der Waals surface area contributed by atoms with Crippen LogP contribution in [-0.2, 0) is 24.3 Å². The van der Waals surface area contributed by atoms with Gasteiger partial charge in [0.15, 0.2) is 6.10 Å². The first-order valence-electron chi connectivity index (χ1n) is 10.9. The Morgan fingerprint density at radius 2 is 1.71 bits per heavy atom. The maximum Gasteiger partial charge on any atom is 0.309 e. The molecule has 0 spiro atoms. The van der Waals surface area contributed by atoms with Gasteiger partial charge in [0.2, 0.25) is 10.0 Å². The van der Waals surface area contributed by atoms with E-state index in [0.717, 1.165) is 19.3 Å². The third-order valence-electron chi connectivity index (χ3n) is 6.34. The summed E-state index contributed by atoms with van der Waals surface area (Å²) in [7, 11) is -3.63. The molecule has 1 saturated carbocycles. The first-order chi connectivity index (χ1) is 14.7. The minimum absolute atomic E-state index is 0.128. The Hall–Kier alpha value is -1.64. The van der Waals surface area contributed by atoms with Crippen LogP contribution < -0.4 is 5.32 Å². The highest BCUT2D eigenvalue weighted by Crippen LogP contribution is 2.26. The number of esters is 1. The van der Waals surface area contributed by atoms with E-state index in [2.05, 4.69) is 12.2 Å². The summed E-state index contributed by atoms with van der Waals surface area (Å²) in [5.41, 5.74) is 0. The van der Waals surface area contributed by atoms with E-state index in [1.54, 1.807) is 19.1 Å². The third-order valence-corrected chi connectivity index (χ3v) is 8.50. The van der Waals surface area contributed by atoms with Crippen LogP contribution in [0.4, 0.5) is 0 Å². The predicted octanol–water partition coefficient (Wildman–Crippen LogP) is 3.37. The molecule has 1 aromatic carbocycles. The van der Waals surface area contributed by atoms with Gasteiger partial charge in [-0.25, -0.2) is 8.42 Å². The highest BCUT2D eigenvalue weighted by Gasteiger charge is 2.34. The molecule has 1 amide bonds. The zero-order chi connectivity index (χ0) is 22.6. The Morgan fingerprint density at radius 3 is 2.32 bits per heavy atom. The summed E-state index contributed by atoms with van der Waals surface area (Å²) in [6.45, 7) is 4.17. The number of nitrogens with one attached hydrogen (secondary N) is 1. The fourth-order valence-corrected chi connectivity index (χ4v) is 5.84. The quantitative estimate of drug-likeness (QED) is 0.643. The van der Waals surface area contributed by atoms with Gasteiger partial charge in [-0.1, -0.05) is 31.4 Å². The lowest BCUT2D eigenvalue weighted by Gasteiger charge is -2.32. The number of ether oxygens (including phenoxy) is 1. The van der Waals surface area contributed by atoms with E-state index in [1.165, 1.54) is 22.9 Å². The van der Waals surface area contributed by atoms with Gasteiger partial charge in [-0.3, -0.25) is 9.59 Å². The molecule has 0 bridgehead atoms. The summed E-state index contributed by atoms with van der Waals surface area (Å²) in [4.78, 5) is 25.2. The lowest BCUT2D eigenvalue weighted by molar-refractivity contribution is -0.160. The first-order valence-corrected chi connectivity index (χ1v) is 12.8. The smallest absolute Gasteiger partial charge is 0.309 e. The average Bonchev–Trinajstić information content (AvgIpc) is 2.75. The lowest BCUT2D eigenvalue weighted by atomic mass is 9.86. The molecule has 1 heterocycles. The summed E-state index contributed by atoms with van der Waals surface area (Å²) in [6.07, 6.45) is 4.19. The molecule has 3 rings (SSSR count). The van der Waals surface area contributed by atoms with E-state index >= 15 is 0 Å². The SMILES string of the molecule is C[C@H](OC(=O)C1CCN(S(=O)(=O)c2ccc(Cl)cc2)CC1)C(=O)N[C@H]1CCCC[C@@H]1C. The lowest BCUT2D eigenvalue weighted by Crippen LogP contribution is -2.47. The van der Waals surface area contributed by atoms with Crippen molar-refractivity contribution in [3.05, 3.63) is 29.3 Å². The number of amides is 1. The number of halogens is 1. The van der Waals surface area contributed by atoms with E-state index in [1.807, 2.05) is 0 Å². The monoisotopic (exact) mass is 470 g/mol. The van der Waals surface area contributed by atoms with E-state index in [0.29, 0.717) is 23.8 Å². The van der Waals surface area contributed by atoms with E-state index < -0.39 is 28.0 Å². The summed E-state index contributed by atoms with van der Waals surface area (Å²) in [6, 6.07) is 6.17. The number of benzene rings is 1. The zero-order valence-corrected chi connectivity index (χ0v) is 19.6. The number of sulfonamides is 1. The van der Waals surface area contributed by atoms with Gasteiger partial charge in [0.1, 0.15) is 0 Å². The minimum Gasteiger partial charge on any atom is -0.452 e.